The van der Waals surface area contributed by atoms with Gasteiger partial charge in [-0.25, -0.2) is 0 Å². The van der Waals surface area contributed by atoms with Crippen molar-refractivity contribution in [2.75, 3.05) is 0 Å². The number of carbonyl (C=O) groups is 1. The maximum Gasteiger partial charge on any atom is 0.220 e. The molecule has 2 rings (SSSR count). The van der Waals surface area contributed by atoms with Gasteiger partial charge in [0.15, 0.2) is 0 Å². The minimum Gasteiger partial charge on any atom is -0.369 e. The molecule has 1 heterocycles. The van der Waals surface area contributed by atoms with Crippen LogP contribution in [0.15, 0.2) is 5.38 Å². The van der Waals surface area contributed by atoms with Gasteiger partial charge < -0.3 is 11.1 Å². The molecule has 1 fully saturated rings. The van der Waals surface area contributed by atoms with Crippen LogP contribution >= 0.6 is 11.5 Å². The first-order valence-electron chi connectivity index (χ1n) is 5.54. The molecule has 3 N–H and O–H groups in total. The van der Waals surface area contributed by atoms with Crippen LogP contribution in [0.3, 0.4) is 0 Å². The maximum absolute atomic E-state index is 11.0. The number of hydrogen-bond acceptors (Lipinski definition) is 5. The van der Waals surface area contributed by atoms with Gasteiger partial charge in [-0.05, 0) is 37.2 Å². The van der Waals surface area contributed by atoms with Gasteiger partial charge in [0.1, 0.15) is 0 Å². The average Bonchev–Trinajstić information content (AvgIpc) is 2.80. The second-order valence-corrected chi connectivity index (χ2v) is 4.84. The van der Waals surface area contributed by atoms with Crippen LogP contribution in [-0.4, -0.2) is 21.5 Å². The molecular weight excluding hydrogens is 224 g/mol. The molecule has 1 aromatic heterocycles. The highest BCUT2D eigenvalue weighted by molar-refractivity contribution is 7.03. The van der Waals surface area contributed by atoms with E-state index in [2.05, 4.69) is 14.9 Å². The monoisotopic (exact) mass is 240 g/mol. The van der Waals surface area contributed by atoms with E-state index < -0.39 is 0 Å². The van der Waals surface area contributed by atoms with Crippen LogP contribution in [-0.2, 0) is 11.3 Å². The Kier molecular flexibility index (Phi) is 3.84. The molecule has 1 aliphatic carbocycles. The molecular formula is C10H16N4OS. The largest absolute Gasteiger partial charge is 0.369 e. The molecule has 16 heavy (non-hydrogen) atoms. The Morgan fingerprint density at radius 3 is 2.81 bits per heavy atom. The summed E-state index contributed by atoms with van der Waals surface area (Å²) >= 11 is 1.37. The topological polar surface area (TPSA) is 80.9 Å². The fourth-order valence-corrected chi connectivity index (χ4v) is 2.54. The quantitative estimate of drug-likeness (QED) is 0.810. The standard InChI is InChI=1S/C10H16N4OS/c11-10(15)7-1-3-8(4-2-7)12-5-9-6-16-14-13-9/h6-8,12H,1-5H2,(H2,11,15). The Hall–Kier alpha value is -1.01. The Balaban J connectivity index is 1.71. The molecule has 1 amide bonds. The van der Waals surface area contributed by atoms with Crippen molar-refractivity contribution in [2.24, 2.45) is 11.7 Å². The third kappa shape index (κ3) is 2.99. The molecule has 0 atom stereocenters. The highest BCUT2D eigenvalue weighted by atomic mass is 32.1. The van der Waals surface area contributed by atoms with Gasteiger partial charge in [0.25, 0.3) is 0 Å². The van der Waals surface area contributed by atoms with E-state index in [4.69, 9.17) is 5.73 Å². The summed E-state index contributed by atoms with van der Waals surface area (Å²) in [6.07, 6.45) is 3.85. The van der Waals surface area contributed by atoms with E-state index in [9.17, 15) is 4.79 Å². The second-order valence-electron chi connectivity index (χ2n) is 4.23. The molecule has 5 nitrogen and oxygen atoms in total. The van der Waals surface area contributed by atoms with Crippen molar-refractivity contribution in [3.8, 4) is 0 Å². The summed E-state index contributed by atoms with van der Waals surface area (Å²) in [5.74, 6) is -0.0684. The first-order chi connectivity index (χ1) is 7.75. The van der Waals surface area contributed by atoms with Crippen molar-refractivity contribution < 1.29 is 4.79 Å². The fourth-order valence-electron chi connectivity index (χ4n) is 2.09. The molecule has 0 aromatic carbocycles. The van der Waals surface area contributed by atoms with E-state index in [1.807, 2.05) is 5.38 Å². The Bertz CT molecular complexity index is 333. The smallest absolute Gasteiger partial charge is 0.220 e. The molecule has 0 bridgehead atoms. The number of aromatic nitrogens is 2. The molecule has 0 saturated heterocycles. The van der Waals surface area contributed by atoms with Crippen molar-refractivity contribution in [2.45, 2.75) is 38.3 Å². The van der Waals surface area contributed by atoms with Gasteiger partial charge in [0.2, 0.25) is 5.91 Å². The summed E-state index contributed by atoms with van der Waals surface area (Å²) in [6, 6.07) is 0.484. The molecule has 0 aliphatic heterocycles. The van der Waals surface area contributed by atoms with E-state index >= 15 is 0 Å². The van der Waals surface area contributed by atoms with Gasteiger partial charge in [0, 0.05) is 23.9 Å². The van der Waals surface area contributed by atoms with Crippen LogP contribution in [0.25, 0.3) is 0 Å². The average molecular weight is 240 g/mol. The molecule has 1 saturated carbocycles. The number of nitrogens with zero attached hydrogens (tertiary/aromatic N) is 2. The molecule has 1 aliphatic rings. The molecule has 0 spiro atoms. The predicted molar refractivity (Wildman–Crippen MR) is 61.7 cm³/mol. The summed E-state index contributed by atoms with van der Waals surface area (Å²) in [7, 11) is 0. The summed E-state index contributed by atoms with van der Waals surface area (Å²) in [6.45, 7) is 0.766. The highest BCUT2D eigenvalue weighted by Crippen LogP contribution is 2.24. The molecule has 6 heteroatoms. The zero-order valence-electron chi connectivity index (χ0n) is 9.06. The van der Waals surface area contributed by atoms with Gasteiger partial charge in [0.05, 0.1) is 5.69 Å². The summed E-state index contributed by atoms with van der Waals surface area (Å²) in [4.78, 5) is 11.0. The first kappa shape index (κ1) is 11.5. The third-order valence-electron chi connectivity index (χ3n) is 3.11. The number of primary amides is 1. The number of nitrogens with one attached hydrogen (secondary N) is 1. The van der Waals surface area contributed by atoms with Crippen LogP contribution in [0.4, 0.5) is 0 Å². The number of hydrogen-bond donors (Lipinski definition) is 2. The van der Waals surface area contributed by atoms with Crippen molar-refractivity contribution in [1.29, 1.82) is 0 Å². The normalized spacial score (nSPS) is 25.5. The zero-order valence-corrected chi connectivity index (χ0v) is 9.87. The lowest BCUT2D eigenvalue weighted by Crippen LogP contribution is -2.36. The second kappa shape index (κ2) is 5.36. The molecule has 1 aromatic rings. The van der Waals surface area contributed by atoms with Gasteiger partial charge in [-0.2, -0.15) is 0 Å². The first-order valence-corrected chi connectivity index (χ1v) is 6.38. The van der Waals surface area contributed by atoms with E-state index in [1.165, 1.54) is 11.5 Å². The predicted octanol–water partition coefficient (Wildman–Crippen LogP) is 0.672. The lowest BCUT2D eigenvalue weighted by Gasteiger charge is -2.27. The number of carbonyl (C=O) groups excluding carboxylic acids is 1. The Morgan fingerprint density at radius 2 is 2.25 bits per heavy atom. The lowest BCUT2D eigenvalue weighted by molar-refractivity contribution is -0.122. The maximum atomic E-state index is 11.0. The van der Waals surface area contributed by atoms with Crippen molar-refractivity contribution in [3.05, 3.63) is 11.1 Å². The summed E-state index contributed by atoms with van der Waals surface area (Å²) < 4.78 is 3.81. The van der Waals surface area contributed by atoms with Crippen molar-refractivity contribution >= 4 is 17.4 Å². The molecule has 0 radical (unpaired) electrons. The SMILES string of the molecule is NC(=O)C1CCC(NCc2csnn2)CC1. The van der Waals surface area contributed by atoms with E-state index in [-0.39, 0.29) is 11.8 Å². The lowest BCUT2D eigenvalue weighted by atomic mass is 9.85. The van der Waals surface area contributed by atoms with E-state index in [1.54, 1.807) is 0 Å². The van der Waals surface area contributed by atoms with Crippen LogP contribution in [0.1, 0.15) is 31.4 Å². The van der Waals surface area contributed by atoms with E-state index in [0.29, 0.717) is 6.04 Å². The summed E-state index contributed by atoms with van der Waals surface area (Å²) in [5.41, 5.74) is 6.28. The van der Waals surface area contributed by atoms with Gasteiger partial charge in [-0.1, -0.05) is 4.49 Å². The van der Waals surface area contributed by atoms with Gasteiger partial charge >= 0.3 is 0 Å². The number of amides is 1. The number of rotatable bonds is 4. The summed E-state index contributed by atoms with van der Waals surface area (Å²) in [5, 5.41) is 9.36. The van der Waals surface area contributed by atoms with Crippen LogP contribution in [0.5, 0.6) is 0 Å². The van der Waals surface area contributed by atoms with Gasteiger partial charge in [-0.15, -0.1) is 5.10 Å². The highest BCUT2D eigenvalue weighted by Gasteiger charge is 2.24. The Labute approximate surface area is 98.6 Å². The third-order valence-corrected chi connectivity index (χ3v) is 3.66. The molecule has 88 valence electrons. The van der Waals surface area contributed by atoms with E-state index in [0.717, 1.165) is 37.9 Å². The van der Waals surface area contributed by atoms with Crippen molar-refractivity contribution in [1.82, 2.24) is 14.9 Å². The van der Waals surface area contributed by atoms with Crippen LogP contribution in [0.2, 0.25) is 0 Å². The Morgan fingerprint density at radius 1 is 1.50 bits per heavy atom. The van der Waals surface area contributed by atoms with Crippen LogP contribution in [0, 0.1) is 5.92 Å². The minimum atomic E-state index is -0.151. The fraction of sp³-hybridized carbons (Fsp3) is 0.700. The minimum absolute atomic E-state index is 0.0824. The number of nitrogens with two attached hydrogens (primary N) is 1. The van der Waals surface area contributed by atoms with Crippen molar-refractivity contribution in [3.63, 3.8) is 0 Å². The van der Waals surface area contributed by atoms with Gasteiger partial charge in [-0.3, -0.25) is 4.79 Å². The van der Waals surface area contributed by atoms with Crippen LogP contribution < -0.4 is 11.1 Å². The zero-order chi connectivity index (χ0) is 11.4. The molecule has 0 unspecified atom stereocenters.